The molecule has 0 fully saturated rings. The van der Waals surface area contributed by atoms with E-state index in [1.807, 2.05) is 0 Å². The Balaban J connectivity index is 2.41. The number of rotatable bonds is 2. The van der Waals surface area contributed by atoms with E-state index in [4.69, 9.17) is 17.3 Å². The molecule has 0 atom stereocenters. The molecule has 17 heavy (non-hydrogen) atoms. The highest BCUT2D eigenvalue weighted by atomic mass is 79.9. The van der Waals surface area contributed by atoms with Gasteiger partial charge in [-0.05, 0) is 45.8 Å². The molecule has 3 nitrogen and oxygen atoms in total. The van der Waals surface area contributed by atoms with Crippen molar-refractivity contribution >= 4 is 33.2 Å². The summed E-state index contributed by atoms with van der Waals surface area (Å²) in [6.07, 6.45) is 1.72. The normalized spacial score (nSPS) is 10.5. The summed E-state index contributed by atoms with van der Waals surface area (Å²) >= 11 is 9.38. The molecule has 0 saturated carbocycles. The van der Waals surface area contributed by atoms with Crippen LogP contribution < -0.4 is 11.3 Å². The van der Waals surface area contributed by atoms with E-state index in [2.05, 4.69) is 15.9 Å². The molecule has 0 unspecified atom stereocenters. The van der Waals surface area contributed by atoms with E-state index in [0.717, 1.165) is 10.0 Å². The van der Waals surface area contributed by atoms with Gasteiger partial charge in [0.2, 0.25) is 0 Å². The zero-order valence-electron chi connectivity index (χ0n) is 8.86. The molecule has 0 aliphatic rings. The molecule has 2 N–H and O–H groups in total. The number of hydrogen-bond donors (Lipinski definition) is 1. The number of hydrogen-bond acceptors (Lipinski definition) is 2. The molecule has 0 spiro atoms. The van der Waals surface area contributed by atoms with Crippen molar-refractivity contribution in [3.63, 3.8) is 0 Å². The maximum Gasteiger partial charge on any atom is 0.250 e. The first-order valence-electron chi connectivity index (χ1n) is 4.96. The molecule has 0 aliphatic heterocycles. The predicted molar refractivity (Wildman–Crippen MR) is 73.4 cm³/mol. The number of anilines is 1. The van der Waals surface area contributed by atoms with Crippen LogP contribution in [0.4, 0.5) is 5.69 Å². The van der Waals surface area contributed by atoms with Crippen LogP contribution in [-0.4, -0.2) is 4.57 Å². The minimum Gasteiger partial charge on any atom is -0.399 e. The van der Waals surface area contributed by atoms with Crippen molar-refractivity contribution in [1.29, 1.82) is 0 Å². The lowest BCUT2D eigenvalue weighted by Gasteiger charge is -2.08. The van der Waals surface area contributed by atoms with Crippen molar-refractivity contribution in [3.05, 3.63) is 61.9 Å². The summed E-state index contributed by atoms with van der Waals surface area (Å²) < 4.78 is 2.42. The van der Waals surface area contributed by atoms with Gasteiger partial charge in [0.1, 0.15) is 0 Å². The molecule has 0 saturated heterocycles. The zero-order valence-corrected chi connectivity index (χ0v) is 11.2. The minimum atomic E-state index is -0.0771. The Morgan fingerprint density at radius 3 is 2.82 bits per heavy atom. The van der Waals surface area contributed by atoms with Crippen LogP contribution in [0.25, 0.3) is 0 Å². The lowest BCUT2D eigenvalue weighted by molar-refractivity contribution is 0.757. The van der Waals surface area contributed by atoms with Crippen molar-refractivity contribution in [2.24, 2.45) is 0 Å². The molecular formula is C12H10BrClN2O. The number of benzene rings is 1. The van der Waals surface area contributed by atoms with Gasteiger partial charge in [0.15, 0.2) is 0 Å². The molecule has 88 valence electrons. The Labute approximate surface area is 112 Å². The SMILES string of the molecule is Nc1ccc(Cl)c(Cn2cc(Br)ccc2=O)c1. The van der Waals surface area contributed by atoms with E-state index in [1.165, 1.54) is 6.07 Å². The second kappa shape index (κ2) is 4.94. The average Bonchev–Trinajstić information content (AvgIpc) is 2.28. The lowest BCUT2D eigenvalue weighted by Crippen LogP contribution is -2.19. The maximum atomic E-state index is 11.6. The fourth-order valence-electron chi connectivity index (χ4n) is 1.53. The van der Waals surface area contributed by atoms with Crippen molar-refractivity contribution in [2.75, 3.05) is 5.73 Å². The Kier molecular flexibility index (Phi) is 3.54. The standard InChI is InChI=1S/C12H10BrClN2O/c13-9-1-4-12(17)16(7-9)6-8-5-10(15)2-3-11(8)14/h1-5,7H,6,15H2. The van der Waals surface area contributed by atoms with E-state index in [0.29, 0.717) is 17.3 Å². The topological polar surface area (TPSA) is 48.0 Å². The molecule has 1 aromatic carbocycles. The van der Waals surface area contributed by atoms with Crippen LogP contribution in [0.1, 0.15) is 5.56 Å². The largest absolute Gasteiger partial charge is 0.399 e. The van der Waals surface area contributed by atoms with Gasteiger partial charge in [0.25, 0.3) is 5.56 Å². The monoisotopic (exact) mass is 312 g/mol. The summed E-state index contributed by atoms with van der Waals surface area (Å²) in [5.74, 6) is 0. The first-order chi connectivity index (χ1) is 8.06. The summed E-state index contributed by atoms with van der Waals surface area (Å²) in [5, 5.41) is 0.603. The third-order valence-corrected chi connectivity index (χ3v) is 3.20. The molecule has 2 rings (SSSR count). The number of nitrogens with zero attached hydrogens (tertiary/aromatic N) is 1. The summed E-state index contributed by atoms with van der Waals surface area (Å²) in [4.78, 5) is 11.6. The molecular weight excluding hydrogens is 304 g/mol. The van der Waals surface area contributed by atoms with Gasteiger partial charge in [-0.3, -0.25) is 4.79 Å². The second-order valence-electron chi connectivity index (χ2n) is 3.66. The minimum absolute atomic E-state index is 0.0771. The van der Waals surface area contributed by atoms with E-state index < -0.39 is 0 Å². The fourth-order valence-corrected chi connectivity index (χ4v) is 2.08. The van der Waals surface area contributed by atoms with Gasteiger partial charge in [-0.1, -0.05) is 11.6 Å². The smallest absolute Gasteiger partial charge is 0.250 e. The highest BCUT2D eigenvalue weighted by Gasteiger charge is 2.04. The van der Waals surface area contributed by atoms with Crippen LogP contribution in [0, 0.1) is 0 Å². The number of aromatic nitrogens is 1. The first kappa shape index (κ1) is 12.2. The predicted octanol–water partition coefficient (Wildman–Crippen LogP) is 2.89. The van der Waals surface area contributed by atoms with E-state index in [1.54, 1.807) is 35.0 Å². The molecule has 5 heteroatoms. The van der Waals surface area contributed by atoms with Gasteiger partial charge >= 0.3 is 0 Å². The maximum absolute atomic E-state index is 11.6. The van der Waals surface area contributed by atoms with Crippen LogP contribution in [0.5, 0.6) is 0 Å². The Bertz CT molecular complexity index is 610. The number of nitrogens with two attached hydrogens (primary N) is 1. The zero-order chi connectivity index (χ0) is 12.4. The summed E-state index contributed by atoms with van der Waals surface area (Å²) in [7, 11) is 0. The van der Waals surface area contributed by atoms with Gasteiger partial charge in [-0.25, -0.2) is 0 Å². The van der Waals surface area contributed by atoms with Gasteiger partial charge in [-0.2, -0.15) is 0 Å². The third-order valence-electron chi connectivity index (χ3n) is 2.36. The molecule has 1 heterocycles. The molecule has 0 bridgehead atoms. The Morgan fingerprint density at radius 2 is 2.06 bits per heavy atom. The Hall–Kier alpha value is -1.26. The van der Waals surface area contributed by atoms with E-state index >= 15 is 0 Å². The van der Waals surface area contributed by atoms with Crippen LogP contribution in [-0.2, 0) is 6.54 Å². The van der Waals surface area contributed by atoms with Gasteiger partial charge in [0.05, 0.1) is 6.54 Å². The summed E-state index contributed by atoms with van der Waals surface area (Å²) in [5.41, 5.74) is 7.07. The molecule has 2 aromatic rings. The molecule has 0 amide bonds. The van der Waals surface area contributed by atoms with Gasteiger partial charge < -0.3 is 10.3 Å². The van der Waals surface area contributed by atoms with Crippen LogP contribution >= 0.6 is 27.5 Å². The molecule has 1 aromatic heterocycles. The van der Waals surface area contributed by atoms with E-state index in [9.17, 15) is 4.79 Å². The van der Waals surface area contributed by atoms with Gasteiger partial charge in [0, 0.05) is 27.4 Å². The quantitative estimate of drug-likeness (QED) is 0.867. The first-order valence-corrected chi connectivity index (χ1v) is 6.13. The van der Waals surface area contributed by atoms with Crippen molar-refractivity contribution in [1.82, 2.24) is 4.57 Å². The van der Waals surface area contributed by atoms with Gasteiger partial charge in [-0.15, -0.1) is 0 Å². The van der Waals surface area contributed by atoms with Crippen LogP contribution in [0.3, 0.4) is 0 Å². The highest BCUT2D eigenvalue weighted by molar-refractivity contribution is 9.10. The summed E-state index contributed by atoms with van der Waals surface area (Å²) in [6.45, 7) is 0.405. The van der Waals surface area contributed by atoms with Crippen molar-refractivity contribution in [2.45, 2.75) is 6.54 Å². The molecule has 0 radical (unpaired) electrons. The number of halogens is 2. The summed E-state index contributed by atoms with van der Waals surface area (Å²) in [6, 6.07) is 8.45. The lowest BCUT2D eigenvalue weighted by atomic mass is 10.2. The molecule has 0 aliphatic carbocycles. The van der Waals surface area contributed by atoms with Crippen molar-refractivity contribution in [3.8, 4) is 0 Å². The number of pyridine rings is 1. The highest BCUT2D eigenvalue weighted by Crippen LogP contribution is 2.19. The average molecular weight is 314 g/mol. The fraction of sp³-hybridized carbons (Fsp3) is 0.0833. The Morgan fingerprint density at radius 1 is 1.29 bits per heavy atom. The van der Waals surface area contributed by atoms with Crippen LogP contribution in [0.15, 0.2) is 45.8 Å². The van der Waals surface area contributed by atoms with Crippen molar-refractivity contribution < 1.29 is 0 Å². The number of nitrogen functional groups attached to an aromatic ring is 1. The van der Waals surface area contributed by atoms with E-state index in [-0.39, 0.29) is 5.56 Å². The third kappa shape index (κ3) is 2.90. The second-order valence-corrected chi connectivity index (χ2v) is 4.99. The van der Waals surface area contributed by atoms with Crippen LogP contribution in [0.2, 0.25) is 5.02 Å².